The van der Waals surface area contributed by atoms with E-state index in [1.165, 1.54) is 10.4 Å². The summed E-state index contributed by atoms with van der Waals surface area (Å²) in [5.74, 6) is 0. The SMILES string of the molecule is C[SiH](C)C1O[Si](c2ccccc2)(c2ccccc2)CC(Cl)C1Cl. The molecule has 3 unspecified atom stereocenters. The molecule has 0 aromatic heterocycles. The zero-order chi connectivity index (χ0) is 16.4. The average Bonchev–Trinajstić information content (AvgIpc) is 2.58. The molecule has 1 heterocycles. The van der Waals surface area contributed by atoms with Gasteiger partial charge < -0.3 is 4.43 Å². The highest BCUT2D eigenvalue weighted by Gasteiger charge is 2.51. The smallest absolute Gasteiger partial charge is 0.257 e. The molecule has 0 aliphatic carbocycles. The first kappa shape index (κ1) is 17.2. The molecule has 1 aliphatic rings. The van der Waals surface area contributed by atoms with Crippen LogP contribution in [0.2, 0.25) is 19.1 Å². The normalized spacial score (nSPS) is 27.1. The molecule has 122 valence electrons. The van der Waals surface area contributed by atoms with Crippen molar-refractivity contribution in [2.24, 2.45) is 0 Å². The van der Waals surface area contributed by atoms with E-state index in [1.807, 2.05) is 0 Å². The minimum atomic E-state index is -2.35. The summed E-state index contributed by atoms with van der Waals surface area (Å²) >= 11 is 13.4. The van der Waals surface area contributed by atoms with Gasteiger partial charge in [-0.25, -0.2) is 0 Å². The van der Waals surface area contributed by atoms with Crippen LogP contribution in [0.3, 0.4) is 0 Å². The first-order chi connectivity index (χ1) is 11.0. The summed E-state index contributed by atoms with van der Waals surface area (Å²) in [5, 5.41) is 2.45. The van der Waals surface area contributed by atoms with Gasteiger partial charge in [-0.2, -0.15) is 0 Å². The molecule has 5 heteroatoms. The van der Waals surface area contributed by atoms with Crippen LogP contribution in [0.5, 0.6) is 0 Å². The van der Waals surface area contributed by atoms with Gasteiger partial charge in [-0.1, -0.05) is 73.8 Å². The summed E-state index contributed by atoms with van der Waals surface area (Å²) in [4.78, 5) is 0. The fourth-order valence-corrected chi connectivity index (χ4v) is 12.4. The van der Waals surface area contributed by atoms with Crippen molar-refractivity contribution in [2.75, 3.05) is 0 Å². The predicted octanol–water partition coefficient (Wildman–Crippen LogP) is 3.39. The lowest BCUT2D eigenvalue weighted by Crippen LogP contribution is -2.69. The van der Waals surface area contributed by atoms with Crippen LogP contribution in [0.25, 0.3) is 0 Å². The topological polar surface area (TPSA) is 9.23 Å². The Hall–Kier alpha value is -0.586. The third kappa shape index (κ3) is 3.31. The quantitative estimate of drug-likeness (QED) is 0.585. The summed E-state index contributed by atoms with van der Waals surface area (Å²) in [7, 11) is -3.43. The van der Waals surface area contributed by atoms with Crippen molar-refractivity contribution in [1.82, 2.24) is 0 Å². The van der Waals surface area contributed by atoms with Gasteiger partial charge in [-0.15, -0.1) is 23.2 Å². The summed E-state index contributed by atoms with van der Waals surface area (Å²) < 4.78 is 6.87. The highest BCUT2D eigenvalue weighted by molar-refractivity contribution is 6.98. The van der Waals surface area contributed by atoms with Gasteiger partial charge >= 0.3 is 0 Å². The summed E-state index contributed by atoms with van der Waals surface area (Å²) in [5.41, 5.74) is 0.111. The first-order valence-electron chi connectivity index (χ1n) is 8.11. The highest BCUT2D eigenvalue weighted by Crippen LogP contribution is 2.34. The van der Waals surface area contributed by atoms with Crippen LogP contribution >= 0.6 is 23.2 Å². The van der Waals surface area contributed by atoms with Crippen LogP contribution in [0.15, 0.2) is 60.7 Å². The van der Waals surface area contributed by atoms with Crippen molar-refractivity contribution in [3.8, 4) is 0 Å². The monoisotopic (exact) mass is 380 g/mol. The van der Waals surface area contributed by atoms with Gasteiger partial charge in [0.2, 0.25) is 0 Å². The molecule has 2 aromatic rings. The van der Waals surface area contributed by atoms with Gasteiger partial charge in [0.15, 0.2) is 0 Å². The van der Waals surface area contributed by atoms with Crippen molar-refractivity contribution < 1.29 is 4.43 Å². The van der Waals surface area contributed by atoms with Crippen LogP contribution < -0.4 is 10.4 Å². The number of alkyl halides is 2. The number of halogens is 2. The maximum absolute atomic E-state index is 6.87. The summed E-state index contributed by atoms with van der Waals surface area (Å²) in [6.45, 7) is 4.59. The van der Waals surface area contributed by atoms with E-state index >= 15 is 0 Å². The second-order valence-electron chi connectivity index (χ2n) is 6.55. The number of hydrogen-bond acceptors (Lipinski definition) is 1. The van der Waals surface area contributed by atoms with Crippen molar-refractivity contribution >= 4 is 50.7 Å². The second kappa shape index (κ2) is 7.12. The van der Waals surface area contributed by atoms with E-state index in [0.29, 0.717) is 0 Å². The molecule has 0 spiro atoms. The molecule has 0 amide bonds. The Bertz CT molecular complexity index is 596. The molecule has 0 bridgehead atoms. The Morgan fingerprint density at radius 1 is 0.913 bits per heavy atom. The van der Waals surface area contributed by atoms with Crippen LogP contribution in [-0.2, 0) is 4.43 Å². The van der Waals surface area contributed by atoms with Gasteiger partial charge in [0, 0.05) is 0 Å². The van der Waals surface area contributed by atoms with Gasteiger partial charge in [0.05, 0.1) is 25.3 Å². The van der Waals surface area contributed by atoms with E-state index < -0.39 is 17.1 Å². The molecule has 0 radical (unpaired) electrons. The van der Waals surface area contributed by atoms with Crippen molar-refractivity contribution in [1.29, 1.82) is 0 Å². The lowest BCUT2D eigenvalue weighted by molar-refractivity contribution is 0.242. The molecule has 3 atom stereocenters. The molecule has 1 fully saturated rings. The maximum atomic E-state index is 6.87. The molecule has 1 nitrogen and oxygen atoms in total. The highest BCUT2D eigenvalue weighted by atomic mass is 35.5. The number of rotatable bonds is 3. The van der Waals surface area contributed by atoms with E-state index in [2.05, 4.69) is 73.8 Å². The Kier molecular flexibility index (Phi) is 5.33. The number of hydrogen-bond donors (Lipinski definition) is 0. The summed E-state index contributed by atoms with van der Waals surface area (Å²) in [6.07, 6.45) is 0. The molecule has 23 heavy (non-hydrogen) atoms. The first-order valence-corrected chi connectivity index (χ1v) is 14.1. The van der Waals surface area contributed by atoms with Gasteiger partial charge in [-0.3, -0.25) is 0 Å². The van der Waals surface area contributed by atoms with Gasteiger partial charge in [0.25, 0.3) is 8.32 Å². The molecular formula is C18H22Cl2OSi2. The maximum Gasteiger partial charge on any atom is 0.257 e. The van der Waals surface area contributed by atoms with Crippen LogP contribution in [0.4, 0.5) is 0 Å². The number of benzene rings is 2. The van der Waals surface area contributed by atoms with Crippen LogP contribution in [0.1, 0.15) is 0 Å². The average molecular weight is 381 g/mol. The second-order valence-corrected chi connectivity index (χ2v) is 14.2. The standard InChI is InChI=1S/C18H22Cl2OSi2/c1-22(2)18-17(20)16(19)13-23(21-18,14-9-5-3-6-10-14)15-11-7-4-8-12-15/h3-12,16-18,22H,13H2,1-2H3. The molecule has 1 saturated heterocycles. The van der Waals surface area contributed by atoms with Crippen LogP contribution in [-0.4, -0.2) is 33.6 Å². The predicted molar refractivity (Wildman–Crippen MR) is 106 cm³/mol. The van der Waals surface area contributed by atoms with E-state index in [9.17, 15) is 0 Å². The Morgan fingerprint density at radius 2 is 1.39 bits per heavy atom. The van der Waals surface area contributed by atoms with E-state index in [4.69, 9.17) is 27.6 Å². The van der Waals surface area contributed by atoms with Crippen molar-refractivity contribution in [3.05, 3.63) is 60.7 Å². The third-order valence-corrected chi connectivity index (χ3v) is 12.6. The fourth-order valence-electron chi connectivity index (χ4n) is 3.40. The largest absolute Gasteiger partial charge is 0.407 e. The van der Waals surface area contributed by atoms with E-state index in [-0.39, 0.29) is 16.5 Å². The summed E-state index contributed by atoms with van der Waals surface area (Å²) in [6, 6.07) is 22.1. The zero-order valence-corrected chi connectivity index (χ0v) is 17.1. The molecule has 0 saturated carbocycles. The van der Waals surface area contributed by atoms with Crippen molar-refractivity contribution in [3.63, 3.8) is 0 Å². The van der Waals surface area contributed by atoms with Crippen LogP contribution in [0, 0.1) is 0 Å². The lowest BCUT2D eigenvalue weighted by atomic mass is 10.3. The molecular weight excluding hydrogens is 359 g/mol. The molecule has 3 rings (SSSR count). The van der Waals surface area contributed by atoms with E-state index in [0.717, 1.165) is 6.04 Å². The van der Waals surface area contributed by atoms with Gasteiger partial charge in [-0.05, 0) is 16.4 Å². The zero-order valence-electron chi connectivity index (χ0n) is 13.5. The minimum absolute atomic E-state index is 0.0441. The molecule has 1 aliphatic heterocycles. The molecule has 2 aromatic carbocycles. The van der Waals surface area contributed by atoms with E-state index in [1.54, 1.807) is 0 Å². The minimum Gasteiger partial charge on any atom is -0.407 e. The lowest BCUT2D eigenvalue weighted by Gasteiger charge is -2.46. The Labute approximate surface area is 151 Å². The third-order valence-electron chi connectivity index (χ3n) is 4.62. The molecule has 0 N–H and O–H groups in total. The Balaban J connectivity index is 2.13. The Morgan fingerprint density at radius 3 is 1.83 bits per heavy atom. The van der Waals surface area contributed by atoms with Crippen molar-refractivity contribution in [2.45, 2.75) is 35.6 Å². The fraction of sp³-hybridized carbons (Fsp3) is 0.333. The van der Waals surface area contributed by atoms with Gasteiger partial charge in [0.1, 0.15) is 0 Å².